The fourth-order valence-corrected chi connectivity index (χ4v) is 4.27. The van der Waals surface area contributed by atoms with E-state index in [0.29, 0.717) is 13.0 Å². The largest absolute Gasteiger partial charge is 0.523 e. The van der Waals surface area contributed by atoms with E-state index < -0.39 is 15.6 Å². The summed E-state index contributed by atoms with van der Waals surface area (Å²) in [5.74, 6) is 2.52. The van der Waals surface area contributed by atoms with E-state index in [1.165, 1.54) is 34.2 Å². The Labute approximate surface area is 173 Å². The zero-order chi connectivity index (χ0) is 21.9. The SMILES string of the molecule is COS(=O)(=O)C(F)(F)F.O=C=C1CCCCC1c1cccc2c1Cc1ccccc1-2. The first kappa shape index (κ1) is 22.3. The molecule has 4 nitrogen and oxygen atoms in total. The molecule has 2 aliphatic rings. The molecule has 0 amide bonds. The summed E-state index contributed by atoms with van der Waals surface area (Å²) in [7, 11) is -4.89. The van der Waals surface area contributed by atoms with Crippen molar-refractivity contribution in [1.82, 2.24) is 0 Å². The number of rotatable bonds is 2. The second kappa shape index (κ2) is 8.76. The van der Waals surface area contributed by atoms with Gasteiger partial charge in [-0.25, -0.2) is 4.79 Å². The number of benzene rings is 2. The number of carbonyl (C=O) groups excluding carboxylic acids is 1. The Morgan fingerprint density at radius 1 is 1.03 bits per heavy atom. The maximum absolute atomic E-state index is 11.3. The van der Waals surface area contributed by atoms with Crippen LogP contribution in [0.25, 0.3) is 11.1 Å². The molecule has 0 bridgehead atoms. The van der Waals surface area contributed by atoms with Crippen LogP contribution in [-0.4, -0.2) is 27.0 Å². The molecule has 0 heterocycles. The smallest absolute Gasteiger partial charge is 0.267 e. The molecule has 30 heavy (non-hydrogen) atoms. The summed E-state index contributed by atoms with van der Waals surface area (Å²) in [6.45, 7) is 0. The number of hydrogen-bond donors (Lipinski definition) is 0. The summed E-state index contributed by atoms with van der Waals surface area (Å²) in [4.78, 5) is 11.3. The molecule has 160 valence electrons. The highest BCUT2D eigenvalue weighted by Gasteiger charge is 2.46. The number of hydrogen-bond acceptors (Lipinski definition) is 4. The molecule has 1 unspecified atom stereocenters. The van der Waals surface area contributed by atoms with Crippen LogP contribution in [0.3, 0.4) is 0 Å². The van der Waals surface area contributed by atoms with Gasteiger partial charge >= 0.3 is 15.6 Å². The van der Waals surface area contributed by atoms with Crippen molar-refractivity contribution in [1.29, 1.82) is 0 Å². The van der Waals surface area contributed by atoms with Crippen molar-refractivity contribution in [3.8, 4) is 11.1 Å². The van der Waals surface area contributed by atoms with Gasteiger partial charge in [-0.05, 0) is 53.5 Å². The maximum Gasteiger partial charge on any atom is 0.523 e. The van der Waals surface area contributed by atoms with Gasteiger partial charge in [0.2, 0.25) is 0 Å². The number of halogens is 3. The molecule has 8 heteroatoms. The van der Waals surface area contributed by atoms with Crippen molar-refractivity contribution in [2.24, 2.45) is 0 Å². The molecule has 0 aliphatic heterocycles. The van der Waals surface area contributed by atoms with Gasteiger partial charge in [-0.15, -0.1) is 0 Å². The van der Waals surface area contributed by atoms with Crippen molar-refractivity contribution >= 4 is 16.1 Å². The topological polar surface area (TPSA) is 60.4 Å². The Hall–Kier alpha value is -2.41. The van der Waals surface area contributed by atoms with Crippen molar-refractivity contribution in [3.63, 3.8) is 0 Å². The fraction of sp³-hybridized carbons (Fsp3) is 0.364. The molecule has 0 aromatic heterocycles. The molecule has 2 aromatic carbocycles. The highest BCUT2D eigenvalue weighted by molar-refractivity contribution is 7.87. The highest BCUT2D eigenvalue weighted by Crippen LogP contribution is 2.44. The lowest BCUT2D eigenvalue weighted by molar-refractivity contribution is -0.0526. The first-order chi connectivity index (χ1) is 14.2. The third kappa shape index (κ3) is 4.36. The third-order valence-corrected chi connectivity index (χ3v) is 6.51. The third-order valence-electron chi connectivity index (χ3n) is 5.51. The van der Waals surface area contributed by atoms with Crippen LogP contribution in [0, 0.1) is 0 Å². The Kier molecular flexibility index (Phi) is 6.50. The summed E-state index contributed by atoms with van der Waals surface area (Å²) in [6, 6.07) is 15.2. The number of alkyl halides is 3. The van der Waals surface area contributed by atoms with Crippen molar-refractivity contribution in [2.45, 2.75) is 43.5 Å². The van der Waals surface area contributed by atoms with Crippen LogP contribution in [0.5, 0.6) is 0 Å². The summed E-state index contributed by atoms with van der Waals surface area (Å²) in [5, 5.41) is 0. The van der Waals surface area contributed by atoms with Gasteiger partial charge < -0.3 is 0 Å². The Balaban J connectivity index is 0.000000244. The van der Waals surface area contributed by atoms with E-state index in [-0.39, 0.29) is 0 Å². The lowest BCUT2D eigenvalue weighted by atomic mass is 9.78. The van der Waals surface area contributed by atoms with E-state index in [1.807, 2.05) is 0 Å². The van der Waals surface area contributed by atoms with Gasteiger partial charge in [0.1, 0.15) is 5.94 Å². The van der Waals surface area contributed by atoms with Crippen molar-refractivity contribution in [2.75, 3.05) is 7.11 Å². The minimum absolute atomic E-state index is 0.292. The predicted molar refractivity (Wildman–Crippen MR) is 107 cm³/mol. The van der Waals surface area contributed by atoms with Gasteiger partial charge in [0.05, 0.1) is 7.11 Å². The second-order valence-electron chi connectivity index (χ2n) is 7.20. The monoisotopic (exact) mass is 438 g/mol. The normalized spacial score (nSPS) is 18.0. The van der Waals surface area contributed by atoms with Crippen LogP contribution in [0.15, 0.2) is 48.0 Å². The van der Waals surface area contributed by atoms with Crippen LogP contribution in [0.2, 0.25) is 0 Å². The van der Waals surface area contributed by atoms with Gasteiger partial charge in [0, 0.05) is 11.5 Å². The van der Waals surface area contributed by atoms with Crippen molar-refractivity contribution in [3.05, 3.63) is 64.7 Å². The van der Waals surface area contributed by atoms with Crippen LogP contribution < -0.4 is 0 Å². The average molecular weight is 438 g/mol. The lowest BCUT2D eigenvalue weighted by Gasteiger charge is -2.25. The standard InChI is InChI=1S/C20H18O.C2H3F3O3S/c21-13-15-7-2-4-9-17(15)19-11-5-10-18-16-8-3-1-6-14(16)12-20(18)19;1-8-9(6,7)2(3,4)5/h1,3,5-6,8,10-11,17H,2,4,7,9,12H2;1H3. The molecule has 2 aliphatic carbocycles. The fourth-order valence-electron chi connectivity index (χ4n) is 4.08. The molecule has 0 N–H and O–H groups in total. The Morgan fingerprint density at radius 3 is 2.37 bits per heavy atom. The number of allylic oxidation sites excluding steroid dienone is 1. The van der Waals surface area contributed by atoms with E-state index in [4.69, 9.17) is 0 Å². The van der Waals surface area contributed by atoms with E-state index in [0.717, 1.165) is 31.3 Å². The van der Waals surface area contributed by atoms with Gasteiger partial charge in [-0.1, -0.05) is 48.9 Å². The van der Waals surface area contributed by atoms with E-state index in [9.17, 15) is 26.4 Å². The zero-order valence-corrected chi connectivity index (χ0v) is 17.1. The van der Waals surface area contributed by atoms with Gasteiger partial charge in [-0.3, -0.25) is 4.18 Å². The lowest BCUT2D eigenvalue weighted by Crippen LogP contribution is -2.23. The first-order valence-corrected chi connectivity index (χ1v) is 10.9. The Bertz CT molecular complexity index is 1080. The van der Waals surface area contributed by atoms with Crippen LogP contribution in [0.4, 0.5) is 13.2 Å². The Morgan fingerprint density at radius 2 is 1.73 bits per heavy atom. The van der Waals surface area contributed by atoms with Gasteiger partial charge in [0.25, 0.3) is 0 Å². The second-order valence-corrected chi connectivity index (χ2v) is 8.90. The van der Waals surface area contributed by atoms with Crippen LogP contribution in [0.1, 0.15) is 48.3 Å². The van der Waals surface area contributed by atoms with Gasteiger partial charge in [-0.2, -0.15) is 21.6 Å². The molecule has 0 radical (unpaired) electrons. The van der Waals surface area contributed by atoms with Crippen LogP contribution in [-0.2, 0) is 25.5 Å². The molecule has 1 atom stereocenters. The summed E-state index contributed by atoms with van der Waals surface area (Å²) in [5.41, 5.74) is 2.60. The summed E-state index contributed by atoms with van der Waals surface area (Å²) >= 11 is 0. The van der Waals surface area contributed by atoms with E-state index in [1.54, 1.807) is 0 Å². The van der Waals surface area contributed by atoms with Crippen molar-refractivity contribution < 1.29 is 30.6 Å². The van der Waals surface area contributed by atoms with Crippen LogP contribution >= 0.6 is 0 Å². The molecule has 2 aromatic rings. The number of fused-ring (bicyclic) bond motifs is 3. The summed E-state index contributed by atoms with van der Waals surface area (Å²) in [6.07, 6.45) is 5.37. The van der Waals surface area contributed by atoms with Gasteiger partial charge in [0.15, 0.2) is 0 Å². The first-order valence-electron chi connectivity index (χ1n) is 9.50. The average Bonchev–Trinajstić information content (AvgIpc) is 3.12. The molecular weight excluding hydrogens is 417 g/mol. The molecule has 1 saturated carbocycles. The quantitative estimate of drug-likeness (QED) is 0.315. The molecule has 0 saturated heterocycles. The minimum Gasteiger partial charge on any atom is -0.267 e. The summed E-state index contributed by atoms with van der Waals surface area (Å²) < 4.78 is 55.9. The minimum atomic E-state index is -5.34. The van der Waals surface area contributed by atoms with E-state index >= 15 is 0 Å². The molecular formula is C22H21F3O4S. The molecule has 4 rings (SSSR count). The highest BCUT2D eigenvalue weighted by atomic mass is 32.2. The van der Waals surface area contributed by atoms with E-state index in [2.05, 4.69) is 52.6 Å². The maximum atomic E-state index is 11.3. The molecule has 1 fully saturated rings. The molecule has 0 spiro atoms. The predicted octanol–water partition coefficient (Wildman–Crippen LogP) is 5.16. The zero-order valence-electron chi connectivity index (χ0n) is 16.3.